The predicted molar refractivity (Wildman–Crippen MR) is 101 cm³/mol. The predicted octanol–water partition coefficient (Wildman–Crippen LogP) is 2.53. The van der Waals surface area contributed by atoms with Crippen LogP contribution in [0.5, 0.6) is 11.5 Å². The van der Waals surface area contributed by atoms with Gasteiger partial charge in [0.15, 0.2) is 17.1 Å². The molecule has 27 heavy (non-hydrogen) atoms. The molecule has 3 aromatic rings. The van der Waals surface area contributed by atoms with Crippen molar-refractivity contribution in [3.05, 3.63) is 59.6 Å². The molecule has 0 atom stereocenters. The number of hydrogen-bond acceptors (Lipinski definition) is 5. The first-order chi connectivity index (χ1) is 13.2. The summed E-state index contributed by atoms with van der Waals surface area (Å²) >= 11 is 0. The van der Waals surface area contributed by atoms with E-state index in [0.717, 1.165) is 41.1 Å². The number of amides is 1. The molecule has 7 nitrogen and oxygen atoms in total. The molecule has 2 aromatic heterocycles. The fourth-order valence-electron chi connectivity index (χ4n) is 2.91. The van der Waals surface area contributed by atoms with Crippen LogP contribution >= 0.6 is 0 Å². The third-order valence-electron chi connectivity index (χ3n) is 4.25. The van der Waals surface area contributed by atoms with E-state index in [1.165, 1.54) is 6.08 Å². The highest BCUT2D eigenvalue weighted by Crippen LogP contribution is 2.32. The zero-order valence-corrected chi connectivity index (χ0v) is 15.0. The smallest absolute Gasteiger partial charge is 0.243 e. The minimum absolute atomic E-state index is 0.121. The van der Waals surface area contributed by atoms with Gasteiger partial charge in [0, 0.05) is 31.1 Å². The van der Waals surface area contributed by atoms with Crippen LogP contribution in [-0.4, -0.2) is 33.8 Å². The Labute approximate surface area is 156 Å². The zero-order chi connectivity index (χ0) is 18.6. The Morgan fingerprint density at radius 3 is 3.11 bits per heavy atom. The van der Waals surface area contributed by atoms with Crippen LogP contribution in [0, 0.1) is 6.92 Å². The molecule has 1 amide bonds. The van der Waals surface area contributed by atoms with Crippen molar-refractivity contribution in [1.82, 2.24) is 19.9 Å². The molecule has 0 spiro atoms. The summed E-state index contributed by atoms with van der Waals surface area (Å²) in [4.78, 5) is 16.3. The number of benzene rings is 1. The Morgan fingerprint density at radius 2 is 2.19 bits per heavy atom. The van der Waals surface area contributed by atoms with Gasteiger partial charge in [-0.1, -0.05) is 6.07 Å². The highest BCUT2D eigenvalue weighted by atomic mass is 16.7. The zero-order valence-electron chi connectivity index (χ0n) is 15.0. The number of ether oxygens (including phenoxy) is 2. The lowest BCUT2D eigenvalue weighted by Gasteiger charge is -2.03. The van der Waals surface area contributed by atoms with E-state index in [-0.39, 0.29) is 12.7 Å². The number of fused-ring (bicyclic) bond motifs is 2. The Bertz CT molecular complexity index is 1010. The van der Waals surface area contributed by atoms with Crippen molar-refractivity contribution < 1.29 is 14.3 Å². The van der Waals surface area contributed by atoms with E-state index in [1.54, 1.807) is 10.6 Å². The fourth-order valence-corrected chi connectivity index (χ4v) is 2.91. The molecule has 1 aromatic carbocycles. The molecule has 0 saturated heterocycles. The number of rotatable bonds is 6. The van der Waals surface area contributed by atoms with Gasteiger partial charge in [0.05, 0.1) is 5.69 Å². The summed E-state index contributed by atoms with van der Waals surface area (Å²) in [7, 11) is 0. The van der Waals surface area contributed by atoms with Gasteiger partial charge in [-0.2, -0.15) is 5.10 Å². The SMILES string of the molecule is Cc1cc2ncc(CCCNC(=O)C=Cc3ccc4c(c3)OCO4)cn2n1. The van der Waals surface area contributed by atoms with E-state index in [9.17, 15) is 4.79 Å². The normalized spacial score (nSPS) is 12.8. The molecule has 0 aliphatic carbocycles. The lowest BCUT2D eigenvalue weighted by atomic mass is 10.2. The number of nitrogens with zero attached hydrogens (tertiary/aromatic N) is 3. The second-order valence-corrected chi connectivity index (χ2v) is 6.39. The minimum atomic E-state index is -0.121. The summed E-state index contributed by atoms with van der Waals surface area (Å²) in [6.45, 7) is 2.78. The summed E-state index contributed by atoms with van der Waals surface area (Å²) in [6, 6.07) is 7.52. The van der Waals surface area contributed by atoms with Gasteiger partial charge in [0.1, 0.15) is 0 Å². The van der Waals surface area contributed by atoms with E-state index >= 15 is 0 Å². The average molecular weight is 364 g/mol. The van der Waals surface area contributed by atoms with Crippen molar-refractivity contribution in [2.24, 2.45) is 0 Å². The lowest BCUT2D eigenvalue weighted by molar-refractivity contribution is -0.116. The Morgan fingerprint density at radius 1 is 1.30 bits per heavy atom. The largest absolute Gasteiger partial charge is 0.454 e. The molecular weight excluding hydrogens is 344 g/mol. The van der Waals surface area contributed by atoms with Crippen LogP contribution in [0.25, 0.3) is 11.7 Å². The number of hydrogen-bond donors (Lipinski definition) is 1. The van der Waals surface area contributed by atoms with Crippen molar-refractivity contribution in [2.45, 2.75) is 19.8 Å². The molecule has 3 heterocycles. The third-order valence-corrected chi connectivity index (χ3v) is 4.25. The molecule has 0 radical (unpaired) electrons. The van der Waals surface area contributed by atoms with Crippen molar-refractivity contribution in [2.75, 3.05) is 13.3 Å². The van der Waals surface area contributed by atoms with Crippen LogP contribution in [0.15, 0.2) is 42.7 Å². The maximum absolute atomic E-state index is 12.0. The second kappa shape index (κ2) is 7.49. The summed E-state index contributed by atoms with van der Waals surface area (Å²) < 4.78 is 12.4. The molecule has 138 valence electrons. The third kappa shape index (κ3) is 4.08. The topological polar surface area (TPSA) is 77.8 Å². The average Bonchev–Trinajstić information content (AvgIpc) is 3.27. The van der Waals surface area contributed by atoms with Crippen LogP contribution in [0.2, 0.25) is 0 Å². The van der Waals surface area contributed by atoms with Gasteiger partial charge in [0.25, 0.3) is 0 Å². The highest BCUT2D eigenvalue weighted by Gasteiger charge is 2.12. The van der Waals surface area contributed by atoms with Crippen LogP contribution < -0.4 is 14.8 Å². The van der Waals surface area contributed by atoms with Crippen LogP contribution in [0.3, 0.4) is 0 Å². The first kappa shape index (κ1) is 17.1. The molecule has 7 heteroatoms. The van der Waals surface area contributed by atoms with Gasteiger partial charge in [-0.25, -0.2) is 9.50 Å². The molecule has 1 N–H and O–H groups in total. The Kier molecular flexibility index (Phi) is 4.74. The van der Waals surface area contributed by atoms with Crippen LogP contribution in [0.4, 0.5) is 0 Å². The van der Waals surface area contributed by atoms with Crippen molar-refractivity contribution >= 4 is 17.6 Å². The number of aryl methyl sites for hydroxylation is 2. The van der Waals surface area contributed by atoms with Gasteiger partial charge in [-0.3, -0.25) is 4.79 Å². The molecule has 0 fully saturated rings. The van der Waals surface area contributed by atoms with Gasteiger partial charge in [-0.15, -0.1) is 0 Å². The van der Waals surface area contributed by atoms with Gasteiger partial charge < -0.3 is 14.8 Å². The number of aromatic nitrogens is 3. The van der Waals surface area contributed by atoms with E-state index < -0.39 is 0 Å². The molecule has 0 bridgehead atoms. The molecule has 4 rings (SSSR count). The lowest BCUT2D eigenvalue weighted by Crippen LogP contribution is -2.22. The number of nitrogens with one attached hydrogen (secondary N) is 1. The summed E-state index contributed by atoms with van der Waals surface area (Å²) in [5.74, 6) is 1.31. The summed E-state index contributed by atoms with van der Waals surface area (Å²) in [5, 5.41) is 7.26. The number of carbonyl (C=O) groups excluding carboxylic acids is 1. The van der Waals surface area contributed by atoms with E-state index in [0.29, 0.717) is 12.3 Å². The first-order valence-electron chi connectivity index (χ1n) is 8.84. The molecule has 0 unspecified atom stereocenters. The molecule has 1 aliphatic heterocycles. The Hall–Kier alpha value is -3.35. The van der Waals surface area contributed by atoms with Crippen LogP contribution in [-0.2, 0) is 11.2 Å². The monoisotopic (exact) mass is 364 g/mol. The van der Waals surface area contributed by atoms with E-state index in [2.05, 4.69) is 15.4 Å². The van der Waals surface area contributed by atoms with Crippen molar-refractivity contribution in [1.29, 1.82) is 0 Å². The van der Waals surface area contributed by atoms with Crippen molar-refractivity contribution in [3.63, 3.8) is 0 Å². The summed E-state index contributed by atoms with van der Waals surface area (Å²) in [6.07, 6.45) is 8.78. The summed E-state index contributed by atoms with van der Waals surface area (Å²) in [5.41, 5.74) is 3.78. The maximum atomic E-state index is 12.0. The second-order valence-electron chi connectivity index (χ2n) is 6.39. The first-order valence-corrected chi connectivity index (χ1v) is 8.84. The van der Waals surface area contributed by atoms with Crippen molar-refractivity contribution in [3.8, 4) is 11.5 Å². The molecular formula is C20H20N4O3. The quantitative estimate of drug-likeness (QED) is 0.537. The van der Waals surface area contributed by atoms with Gasteiger partial charge in [-0.05, 0) is 49.1 Å². The highest BCUT2D eigenvalue weighted by molar-refractivity contribution is 5.91. The van der Waals surface area contributed by atoms with Crippen LogP contribution in [0.1, 0.15) is 23.2 Å². The maximum Gasteiger partial charge on any atom is 0.243 e. The van der Waals surface area contributed by atoms with E-state index in [4.69, 9.17) is 9.47 Å². The minimum Gasteiger partial charge on any atom is -0.454 e. The van der Waals surface area contributed by atoms with Gasteiger partial charge in [0.2, 0.25) is 12.7 Å². The molecule has 1 aliphatic rings. The fraction of sp³-hybridized carbons (Fsp3) is 0.250. The Balaban J connectivity index is 1.24. The van der Waals surface area contributed by atoms with Gasteiger partial charge >= 0.3 is 0 Å². The molecule has 0 saturated carbocycles. The standard InChI is InChI=1S/C20H20N4O3/c1-14-9-19-22-11-16(12-24(19)23-14)3-2-8-21-20(25)7-5-15-4-6-17-18(10-15)27-13-26-17/h4-7,9-12H,2-3,8,13H2,1H3,(H,21,25). The number of carbonyl (C=O) groups is 1. The van der Waals surface area contributed by atoms with E-state index in [1.807, 2.05) is 43.6 Å².